The van der Waals surface area contributed by atoms with Crippen molar-refractivity contribution >= 4 is 41.9 Å². The summed E-state index contributed by atoms with van der Waals surface area (Å²) in [5.74, 6) is -4.45. The minimum atomic E-state index is -1.09. The normalized spacial score (nSPS) is 16.8. The van der Waals surface area contributed by atoms with Crippen LogP contribution in [0.2, 0.25) is 0 Å². The zero-order chi connectivity index (χ0) is 52.6. The van der Waals surface area contributed by atoms with E-state index in [4.69, 9.17) is 33.2 Å². The van der Waals surface area contributed by atoms with Gasteiger partial charge in [-0.1, -0.05) is 156 Å². The highest BCUT2D eigenvalue weighted by Gasteiger charge is 2.42. The summed E-state index contributed by atoms with van der Waals surface area (Å²) in [5, 5.41) is 0. The van der Waals surface area contributed by atoms with E-state index in [1.54, 1.807) is 0 Å². The van der Waals surface area contributed by atoms with Crippen LogP contribution in [0, 0.1) is 11.8 Å². The Hall–Kier alpha value is -3.95. The number of rotatable bonds is 43. The van der Waals surface area contributed by atoms with Gasteiger partial charge in [0.2, 0.25) is 0 Å². The van der Waals surface area contributed by atoms with Crippen molar-refractivity contribution in [1.29, 1.82) is 0 Å². The highest BCUT2D eigenvalue weighted by Crippen LogP contribution is 2.24. The number of likely N-dealkylation sites (N-methyl/N-ethyl adjacent to an activating group) is 1. The van der Waals surface area contributed by atoms with Crippen LogP contribution < -0.4 is 0 Å². The lowest BCUT2D eigenvalue weighted by molar-refractivity contribution is -0.167. The van der Waals surface area contributed by atoms with Gasteiger partial charge in [0.25, 0.3) is 0 Å². The van der Waals surface area contributed by atoms with E-state index >= 15 is 0 Å². The SMILES string of the molecule is CCCCCCCCC(=O)OCC(COC(=O)CCCCCCCC)CC(=O)O[C@H]1CN(C(=O)OC2CCN(C)C2)C[C@@H]1OC(=O)CC(COC(=O)CCCCCCCC)COC(=O)CCCCCCCC. The van der Waals surface area contributed by atoms with Crippen LogP contribution >= 0.6 is 0 Å². The van der Waals surface area contributed by atoms with Gasteiger partial charge in [-0.05, 0) is 39.2 Å². The molecule has 0 aromatic carbocycles. The molecule has 72 heavy (non-hydrogen) atoms. The molecule has 2 aliphatic heterocycles. The summed E-state index contributed by atoms with van der Waals surface area (Å²) in [6.07, 6.45) is 22.1. The zero-order valence-electron chi connectivity index (χ0n) is 45.6. The maximum absolute atomic E-state index is 13.8. The molecule has 16 heteroatoms. The Labute approximate surface area is 433 Å². The van der Waals surface area contributed by atoms with Crippen LogP contribution in [-0.2, 0) is 61.9 Å². The van der Waals surface area contributed by atoms with Crippen LogP contribution in [0.1, 0.15) is 227 Å². The number of carbonyl (C=O) groups is 7. The maximum Gasteiger partial charge on any atom is 0.410 e. The topological polar surface area (TPSA) is 191 Å². The minimum Gasteiger partial charge on any atom is -0.465 e. The van der Waals surface area contributed by atoms with Crippen molar-refractivity contribution < 1.29 is 66.7 Å². The Kier molecular flexibility index (Phi) is 36.9. The molecule has 0 aromatic rings. The van der Waals surface area contributed by atoms with E-state index in [2.05, 4.69) is 32.6 Å². The van der Waals surface area contributed by atoms with Crippen molar-refractivity contribution in [3.63, 3.8) is 0 Å². The summed E-state index contributed by atoms with van der Waals surface area (Å²) in [5.41, 5.74) is 0. The molecular formula is C56H98N2O14. The Balaban J connectivity index is 2.17. The second-order valence-corrected chi connectivity index (χ2v) is 20.5. The van der Waals surface area contributed by atoms with Crippen molar-refractivity contribution in [2.24, 2.45) is 11.8 Å². The van der Waals surface area contributed by atoms with Gasteiger partial charge in [0.15, 0.2) is 12.2 Å². The highest BCUT2D eigenvalue weighted by atomic mass is 16.6. The lowest BCUT2D eigenvalue weighted by atomic mass is 10.1. The molecule has 1 unspecified atom stereocenters. The predicted octanol–water partition coefficient (Wildman–Crippen LogP) is 11.2. The van der Waals surface area contributed by atoms with Gasteiger partial charge >= 0.3 is 41.9 Å². The molecule has 16 nitrogen and oxygen atoms in total. The average Bonchev–Trinajstić information content (AvgIpc) is 3.96. The Morgan fingerprint density at radius 3 is 1.00 bits per heavy atom. The fourth-order valence-corrected chi connectivity index (χ4v) is 8.90. The van der Waals surface area contributed by atoms with E-state index in [0.717, 1.165) is 135 Å². The lowest BCUT2D eigenvalue weighted by Crippen LogP contribution is -2.36. The average molecular weight is 1020 g/mol. The van der Waals surface area contributed by atoms with Gasteiger partial charge in [-0.3, -0.25) is 28.8 Å². The van der Waals surface area contributed by atoms with Gasteiger partial charge < -0.3 is 43.0 Å². The monoisotopic (exact) mass is 1020 g/mol. The quantitative estimate of drug-likeness (QED) is 0.0318. The molecule has 2 heterocycles. The van der Waals surface area contributed by atoms with Gasteiger partial charge in [0, 0.05) is 50.6 Å². The zero-order valence-corrected chi connectivity index (χ0v) is 45.6. The first-order valence-electron chi connectivity index (χ1n) is 28.5. The van der Waals surface area contributed by atoms with Crippen molar-refractivity contribution in [1.82, 2.24) is 9.80 Å². The highest BCUT2D eigenvalue weighted by molar-refractivity contribution is 5.74. The number of ether oxygens (including phenoxy) is 7. The van der Waals surface area contributed by atoms with Crippen LogP contribution in [0.4, 0.5) is 4.79 Å². The lowest BCUT2D eigenvalue weighted by Gasteiger charge is -2.22. The summed E-state index contributed by atoms with van der Waals surface area (Å²) in [4.78, 5) is 95.6. The molecule has 2 aliphatic rings. The number of unbranched alkanes of at least 4 members (excludes halogenated alkanes) is 20. The maximum atomic E-state index is 13.8. The van der Waals surface area contributed by atoms with E-state index in [1.165, 1.54) is 4.90 Å². The van der Waals surface area contributed by atoms with Gasteiger partial charge in [-0.2, -0.15) is 0 Å². The second kappa shape index (κ2) is 41.4. The number of carbonyl (C=O) groups excluding carboxylic acids is 7. The molecule has 0 N–H and O–H groups in total. The Bertz CT molecular complexity index is 1360. The van der Waals surface area contributed by atoms with Crippen LogP contribution in [0.3, 0.4) is 0 Å². The summed E-state index contributed by atoms with van der Waals surface area (Å²) < 4.78 is 40.1. The fraction of sp³-hybridized carbons (Fsp3) is 0.875. The molecule has 2 rings (SSSR count). The first kappa shape index (κ1) is 64.2. The van der Waals surface area contributed by atoms with E-state index < -0.39 is 66.0 Å². The molecule has 0 aliphatic carbocycles. The number of hydrogen-bond donors (Lipinski definition) is 0. The Morgan fingerprint density at radius 1 is 0.403 bits per heavy atom. The Morgan fingerprint density at radius 2 is 0.708 bits per heavy atom. The molecule has 0 saturated carbocycles. The largest absolute Gasteiger partial charge is 0.465 e. The minimum absolute atomic E-state index is 0.119. The first-order valence-corrected chi connectivity index (χ1v) is 28.5. The van der Waals surface area contributed by atoms with Crippen molar-refractivity contribution in [3.8, 4) is 0 Å². The molecule has 1 amide bonds. The third-order valence-corrected chi connectivity index (χ3v) is 13.4. The van der Waals surface area contributed by atoms with Crippen LogP contribution in [0.5, 0.6) is 0 Å². The van der Waals surface area contributed by atoms with E-state index in [9.17, 15) is 33.6 Å². The molecule has 3 atom stereocenters. The van der Waals surface area contributed by atoms with Crippen molar-refractivity contribution in [3.05, 3.63) is 0 Å². The third-order valence-electron chi connectivity index (χ3n) is 13.4. The number of esters is 6. The molecule has 2 saturated heterocycles. The standard InChI is InChI=1S/C56H98N2O14/c1-6-10-14-18-22-26-30-50(59)66-41-45(42-67-51(60)31-27-23-19-15-11-7-2)36-54(63)71-48-39-58(56(65)70-47-34-35-57(5)38-47)40-49(48)72-55(64)37-46(43-68-52(61)32-28-24-20-16-12-8-3)44-69-53(62)33-29-25-21-17-13-9-4/h45-49H,6-44H2,1-5H3/t47?,48-,49-/m0/s1. The van der Waals surface area contributed by atoms with Crippen LogP contribution in [0.15, 0.2) is 0 Å². The van der Waals surface area contributed by atoms with Gasteiger partial charge in [-0.15, -0.1) is 0 Å². The van der Waals surface area contributed by atoms with Gasteiger partial charge in [-0.25, -0.2) is 4.79 Å². The first-order chi connectivity index (χ1) is 34.9. The number of likely N-dealkylation sites (tertiary alicyclic amines) is 2. The summed E-state index contributed by atoms with van der Waals surface area (Å²) >= 11 is 0. The number of hydrogen-bond acceptors (Lipinski definition) is 15. The molecule has 0 aromatic heterocycles. The summed E-state index contributed by atoms with van der Waals surface area (Å²) in [7, 11) is 1.94. The summed E-state index contributed by atoms with van der Waals surface area (Å²) in [6.45, 7) is 9.03. The second-order valence-electron chi connectivity index (χ2n) is 20.5. The molecular weight excluding hydrogens is 925 g/mol. The molecule has 2 fully saturated rings. The van der Waals surface area contributed by atoms with E-state index in [-0.39, 0.29) is 84.1 Å². The van der Waals surface area contributed by atoms with Gasteiger partial charge in [0.05, 0.1) is 52.4 Å². The van der Waals surface area contributed by atoms with Crippen LogP contribution in [-0.4, -0.2) is 130 Å². The van der Waals surface area contributed by atoms with E-state index in [1.807, 2.05) is 7.05 Å². The van der Waals surface area contributed by atoms with Gasteiger partial charge in [0.1, 0.15) is 6.10 Å². The fourth-order valence-electron chi connectivity index (χ4n) is 8.90. The van der Waals surface area contributed by atoms with Crippen molar-refractivity contribution in [2.75, 3.05) is 59.7 Å². The van der Waals surface area contributed by atoms with E-state index in [0.29, 0.717) is 38.6 Å². The number of nitrogens with zero attached hydrogens (tertiary/aromatic N) is 2. The molecule has 416 valence electrons. The molecule has 0 spiro atoms. The predicted molar refractivity (Wildman–Crippen MR) is 276 cm³/mol. The molecule has 0 radical (unpaired) electrons. The third kappa shape index (κ3) is 32.3. The number of amides is 1. The smallest absolute Gasteiger partial charge is 0.410 e. The van der Waals surface area contributed by atoms with Crippen LogP contribution in [0.25, 0.3) is 0 Å². The summed E-state index contributed by atoms with van der Waals surface area (Å²) in [6, 6.07) is 0. The van der Waals surface area contributed by atoms with Crippen molar-refractivity contribution in [2.45, 2.75) is 245 Å². The molecule has 0 bridgehead atoms.